The molecule has 5 rings (SSSR count). The zero-order valence-corrected chi connectivity index (χ0v) is 21.3. The molecular formula is C22H21F3N8O5S. The van der Waals surface area contributed by atoms with Gasteiger partial charge in [0, 0.05) is 50.8 Å². The number of fused-ring (bicyclic) bond motifs is 1. The van der Waals surface area contributed by atoms with Crippen molar-refractivity contribution in [3.8, 4) is 5.82 Å². The quantitative estimate of drug-likeness (QED) is 0.412. The normalized spacial score (nSPS) is 16.7. The molecule has 2 N–H and O–H groups in total. The molecule has 1 fully saturated rings. The highest BCUT2D eigenvalue weighted by molar-refractivity contribution is 7.91. The second-order valence-corrected chi connectivity index (χ2v) is 11.5. The number of amides is 2. The van der Waals surface area contributed by atoms with Crippen molar-refractivity contribution in [3.63, 3.8) is 0 Å². The lowest BCUT2D eigenvalue weighted by molar-refractivity contribution is -0.141. The summed E-state index contributed by atoms with van der Waals surface area (Å²) in [5.74, 6) is -2.11. The van der Waals surface area contributed by atoms with Crippen LogP contribution >= 0.6 is 0 Å². The fraction of sp³-hybridized carbons (Fsp3) is 0.364. The number of nitrogens with one attached hydrogen (secondary N) is 2. The summed E-state index contributed by atoms with van der Waals surface area (Å²) in [6.07, 6.45) is 0.0142. The number of halogens is 3. The maximum atomic E-state index is 13.3. The molecule has 2 aliphatic rings. The number of carbonyl (C=O) groups excluding carboxylic acids is 2. The van der Waals surface area contributed by atoms with Crippen molar-refractivity contribution in [2.24, 2.45) is 4.99 Å². The van der Waals surface area contributed by atoms with Crippen LogP contribution < -0.4 is 15.5 Å². The minimum atomic E-state index is -4.65. The van der Waals surface area contributed by atoms with Crippen LogP contribution in [0.1, 0.15) is 27.3 Å². The van der Waals surface area contributed by atoms with Crippen molar-refractivity contribution < 1.29 is 35.6 Å². The van der Waals surface area contributed by atoms with Crippen LogP contribution in [0.4, 0.5) is 25.0 Å². The van der Waals surface area contributed by atoms with E-state index >= 15 is 0 Å². The first-order valence-electron chi connectivity index (χ1n) is 11.4. The Hall–Kier alpha value is -4.28. The number of sulfone groups is 1. The van der Waals surface area contributed by atoms with Gasteiger partial charge in [0.1, 0.15) is 17.6 Å². The highest BCUT2D eigenvalue weighted by atomic mass is 32.2. The average Bonchev–Trinajstić information content (AvgIpc) is 3.42. The molecule has 3 aromatic rings. The SMILES string of the molecule is CN=Cc1ccc(-n2nc3c(c2NC(=O)CS(C)(=O)=O)C(=O)NC2(C3)CN(c3nc(C(F)(F)F)co3)C2)nc1. The predicted molar refractivity (Wildman–Crippen MR) is 131 cm³/mol. The Kier molecular flexibility index (Phi) is 6.20. The molecule has 5 heterocycles. The first-order valence-corrected chi connectivity index (χ1v) is 13.4. The molecule has 13 nitrogen and oxygen atoms in total. The van der Waals surface area contributed by atoms with Gasteiger partial charge in [0.05, 0.1) is 11.2 Å². The third-order valence-corrected chi connectivity index (χ3v) is 6.81. The molecule has 17 heteroatoms. The Morgan fingerprint density at radius 3 is 2.67 bits per heavy atom. The summed E-state index contributed by atoms with van der Waals surface area (Å²) < 4.78 is 68.2. The van der Waals surface area contributed by atoms with Gasteiger partial charge >= 0.3 is 6.18 Å². The van der Waals surface area contributed by atoms with E-state index in [1.807, 2.05) is 0 Å². The number of anilines is 2. The maximum absolute atomic E-state index is 13.3. The number of rotatable bonds is 6. The Labute approximate surface area is 219 Å². The van der Waals surface area contributed by atoms with Crippen LogP contribution in [0.2, 0.25) is 0 Å². The molecule has 0 radical (unpaired) electrons. The first kappa shape index (κ1) is 26.3. The number of nitrogens with zero attached hydrogens (tertiary/aromatic N) is 6. The largest absolute Gasteiger partial charge is 0.436 e. The van der Waals surface area contributed by atoms with Gasteiger partial charge in [0.25, 0.3) is 11.9 Å². The highest BCUT2D eigenvalue weighted by Crippen LogP contribution is 2.38. The van der Waals surface area contributed by atoms with Crippen LogP contribution in [0.5, 0.6) is 0 Å². The van der Waals surface area contributed by atoms with Gasteiger partial charge in [-0.1, -0.05) is 0 Å². The number of carbonyl (C=O) groups is 2. The van der Waals surface area contributed by atoms with E-state index in [9.17, 15) is 31.2 Å². The van der Waals surface area contributed by atoms with Gasteiger partial charge in [0.15, 0.2) is 27.2 Å². The Morgan fingerprint density at radius 2 is 2.08 bits per heavy atom. The number of hydrogen-bond acceptors (Lipinski definition) is 10. The van der Waals surface area contributed by atoms with Crippen molar-refractivity contribution in [2.75, 3.05) is 42.4 Å². The number of oxazole rings is 1. The second-order valence-electron chi connectivity index (χ2n) is 9.32. The van der Waals surface area contributed by atoms with Crippen molar-refractivity contribution >= 4 is 39.7 Å². The first-order chi connectivity index (χ1) is 18.3. The van der Waals surface area contributed by atoms with Crippen LogP contribution in [0.3, 0.4) is 0 Å². The smallest absolute Gasteiger partial charge is 0.431 e. The Balaban J connectivity index is 1.45. The van der Waals surface area contributed by atoms with E-state index in [0.717, 1.165) is 6.26 Å². The molecule has 2 amide bonds. The maximum Gasteiger partial charge on any atom is 0.436 e. The van der Waals surface area contributed by atoms with Crippen molar-refractivity contribution in [2.45, 2.75) is 18.1 Å². The van der Waals surface area contributed by atoms with Crippen molar-refractivity contribution in [1.82, 2.24) is 25.1 Å². The fourth-order valence-electron chi connectivity index (χ4n) is 4.48. The summed E-state index contributed by atoms with van der Waals surface area (Å²) in [5, 5.41) is 9.81. The van der Waals surface area contributed by atoms with E-state index in [0.29, 0.717) is 11.8 Å². The summed E-state index contributed by atoms with van der Waals surface area (Å²) in [7, 11) is -2.07. The second kappa shape index (κ2) is 9.18. The van der Waals surface area contributed by atoms with Gasteiger partial charge in [-0.2, -0.15) is 27.9 Å². The van der Waals surface area contributed by atoms with Crippen LogP contribution in [-0.4, -0.2) is 83.9 Å². The third-order valence-electron chi connectivity index (χ3n) is 6.03. The van der Waals surface area contributed by atoms with Gasteiger partial charge in [-0.3, -0.25) is 14.6 Å². The van der Waals surface area contributed by atoms with Gasteiger partial charge in [0.2, 0.25) is 5.91 Å². The van der Waals surface area contributed by atoms with E-state index in [4.69, 9.17) is 4.42 Å². The summed E-state index contributed by atoms with van der Waals surface area (Å²) in [4.78, 5) is 38.9. The molecule has 0 atom stereocenters. The number of aliphatic imine (C=N–C) groups is 1. The van der Waals surface area contributed by atoms with Crippen LogP contribution in [0, 0.1) is 0 Å². The third kappa shape index (κ3) is 5.21. The monoisotopic (exact) mass is 566 g/mol. The Bertz CT molecular complexity index is 1590. The number of pyridine rings is 1. The van der Waals surface area contributed by atoms with Crippen molar-refractivity contribution in [3.05, 3.63) is 47.1 Å². The number of alkyl halides is 3. The molecule has 0 saturated carbocycles. The lowest BCUT2D eigenvalue weighted by Crippen LogP contribution is -2.73. The highest BCUT2D eigenvalue weighted by Gasteiger charge is 2.51. The number of hydrogen-bond donors (Lipinski definition) is 2. The summed E-state index contributed by atoms with van der Waals surface area (Å²) in [5.41, 5.74) is -1.04. The molecule has 206 valence electrons. The van der Waals surface area contributed by atoms with Gasteiger partial charge in [-0.25, -0.2) is 13.4 Å². The van der Waals surface area contributed by atoms with E-state index in [1.165, 1.54) is 15.8 Å². The molecule has 0 unspecified atom stereocenters. The molecule has 2 aliphatic heterocycles. The van der Waals surface area contributed by atoms with Gasteiger partial charge in [-0.15, -0.1) is 0 Å². The van der Waals surface area contributed by atoms with Gasteiger partial charge < -0.3 is 20.0 Å². The lowest BCUT2D eigenvalue weighted by atomic mass is 9.81. The summed E-state index contributed by atoms with van der Waals surface area (Å²) in [6, 6.07) is 3.04. The van der Waals surface area contributed by atoms with E-state index in [2.05, 4.69) is 30.7 Å². The molecular weight excluding hydrogens is 545 g/mol. The standard InChI is InChI=1S/C22H21F3N8O5S/c1-26-6-12-3-4-15(27-7-12)33-18(29-16(34)9-39(2,36)37)17-13(31-33)5-21(30-19(17)35)10-32(11-21)20-28-14(8-38-20)22(23,24)25/h3-4,6-8H,5,9-11H2,1-2H3,(H,29,34)(H,30,35). The predicted octanol–water partition coefficient (Wildman–Crippen LogP) is 0.851. The summed E-state index contributed by atoms with van der Waals surface area (Å²) >= 11 is 0. The molecule has 3 aromatic heterocycles. The zero-order chi connectivity index (χ0) is 28.2. The molecule has 0 aromatic carbocycles. The number of aromatic nitrogens is 4. The van der Waals surface area contributed by atoms with E-state index < -0.39 is 44.8 Å². The van der Waals surface area contributed by atoms with Crippen LogP contribution in [-0.2, 0) is 27.2 Å². The van der Waals surface area contributed by atoms with E-state index in [1.54, 1.807) is 25.4 Å². The topological polar surface area (TPSA) is 165 Å². The zero-order valence-electron chi connectivity index (χ0n) is 20.5. The molecule has 1 saturated heterocycles. The lowest BCUT2D eigenvalue weighted by Gasteiger charge is -2.51. The Morgan fingerprint density at radius 1 is 1.33 bits per heavy atom. The van der Waals surface area contributed by atoms with Crippen LogP contribution in [0.25, 0.3) is 5.82 Å². The van der Waals surface area contributed by atoms with E-state index in [-0.39, 0.29) is 48.4 Å². The van der Waals surface area contributed by atoms with Crippen molar-refractivity contribution in [1.29, 1.82) is 0 Å². The molecule has 39 heavy (non-hydrogen) atoms. The van der Waals surface area contributed by atoms with Crippen LogP contribution in [0.15, 0.2) is 34.0 Å². The van der Waals surface area contributed by atoms with Gasteiger partial charge in [-0.05, 0) is 12.1 Å². The molecule has 0 bridgehead atoms. The molecule has 1 spiro atoms. The average molecular weight is 567 g/mol. The fourth-order valence-corrected chi connectivity index (χ4v) is 5.03. The summed E-state index contributed by atoms with van der Waals surface area (Å²) in [6.45, 7) is 0.198. The minimum Gasteiger partial charge on any atom is -0.431 e. The minimum absolute atomic E-state index is 0.0254. The molecule has 0 aliphatic carbocycles.